The predicted octanol–water partition coefficient (Wildman–Crippen LogP) is 5.86. The van der Waals surface area contributed by atoms with Gasteiger partial charge in [0.05, 0.1) is 13.0 Å². The molecular weight excluding hydrogens is 426 g/mol. The van der Waals surface area contributed by atoms with E-state index in [1.165, 1.54) is 0 Å². The summed E-state index contributed by atoms with van der Waals surface area (Å²) in [5.74, 6) is -0.103. The molecule has 0 spiro atoms. The summed E-state index contributed by atoms with van der Waals surface area (Å²) in [6.07, 6.45) is 1.38. The van der Waals surface area contributed by atoms with Gasteiger partial charge in [0.25, 0.3) is 0 Å². The zero-order valence-electron chi connectivity index (χ0n) is 22.1. The van der Waals surface area contributed by atoms with Crippen molar-refractivity contribution in [3.05, 3.63) is 0 Å². The largest absolute Gasteiger partial charge is 0.500 e. The van der Waals surface area contributed by atoms with E-state index >= 15 is 0 Å². The zero-order chi connectivity index (χ0) is 24.1. The SMILES string of the molecule is CCOC(=O)CCN(CCC[Si](OCC)(OCC)OCC)[Si](C(C)C)(C(C)C)C(C)C. The Morgan fingerprint density at radius 3 is 1.55 bits per heavy atom. The first-order valence-corrected chi connectivity index (χ1v) is 16.5. The second-order valence-corrected chi connectivity index (χ2v) is 17.6. The average molecular weight is 478 g/mol. The molecule has 0 atom stereocenters. The third-order valence-corrected chi connectivity index (χ3v) is 16.5. The van der Waals surface area contributed by atoms with Gasteiger partial charge in [-0.25, -0.2) is 0 Å². The van der Waals surface area contributed by atoms with Gasteiger partial charge in [-0.2, -0.15) is 0 Å². The summed E-state index contributed by atoms with van der Waals surface area (Å²) in [7, 11) is -4.54. The molecule has 0 aromatic carbocycles. The Labute approximate surface area is 194 Å². The molecule has 0 heterocycles. The molecule has 0 bridgehead atoms. The highest BCUT2D eigenvalue weighted by Gasteiger charge is 2.48. The van der Waals surface area contributed by atoms with E-state index in [1.807, 2.05) is 27.7 Å². The lowest BCUT2D eigenvalue weighted by Gasteiger charge is -2.51. The molecule has 0 saturated carbocycles. The molecule has 0 fully saturated rings. The molecule has 186 valence electrons. The summed E-state index contributed by atoms with van der Waals surface area (Å²) < 4.78 is 26.1. The maximum absolute atomic E-state index is 12.2. The summed E-state index contributed by atoms with van der Waals surface area (Å²) in [5.41, 5.74) is 1.76. The number of ether oxygens (including phenoxy) is 1. The maximum Gasteiger partial charge on any atom is 0.500 e. The van der Waals surface area contributed by atoms with Crippen molar-refractivity contribution in [1.29, 1.82) is 0 Å². The highest BCUT2D eigenvalue weighted by Crippen LogP contribution is 2.44. The van der Waals surface area contributed by atoms with Crippen LogP contribution in [0.2, 0.25) is 22.7 Å². The van der Waals surface area contributed by atoms with Crippen LogP contribution in [0.3, 0.4) is 0 Å². The van der Waals surface area contributed by atoms with Crippen molar-refractivity contribution < 1.29 is 22.8 Å². The molecule has 0 aromatic rings. The van der Waals surface area contributed by atoms with Crippen LogP contribution in [-0.4, -0.2) is 67.1 Å². The Morgan fingerprint density at radius 1 is 0.742 bits per heavy atom. The van der Waals surface area contributed by atoms with Crippen LogP contribution in [0.15, 0.2) is 0 Å². The normalized spacial score (nSPS) is 13.1. The van der Waals surface area contributed by atoms with Crippen molar-refractivity contribution in [2.24, 2.45) is 0 Å². The fourth-order valence-electron chi connectivity index (χ4n) is 5.54. The fraction of sp³-hybridized carbons (Fsp3) is 0.957. The highest BCUT2D eigenvalue weighted by molar-refractivity contribution is 6.81. The van der Waals surface area contributed by atoms with E-state index in [4.69, 9.17) is 18.0 Å². The van der Waals surface area contributed by atoms with Gasteiger partial charge in [-0.15, -0.1) is 0 Å². The third kappa shape index (κ3) is 8.89. The van der Waals surface area contributed by atoms with Gasteiger partial charge in [-0.05, 0) is 57.3 Å². The number of esters is 1. The second kappa shape index (κ2) is 15.6. The Kier molecular flexibility index (Phi) is 15.4. The topological polar surface area (TPSA) is 57.2 Å². The standard InChI is InChI=1S/C23H51NO5Si2/c1-11-26-23(25)16-18-24(31(20(5)6,21(7)8)22(9)10)17-15-19-30(27-12-2,28-13-3)29-14-4/h20-22H,11-19H2,1-10H3. The number of nitrogens with zero attached hydrogens (tertiary/aromatic N) is 1. The first kappa shape index (κ1) is 30.7. The molecule has 0 aliphatic heterocycles. The van der Waals surface area contributed by atoms with Gasteiger partial charge in [-0.3, -0.25) is 4.79 Å². The molecule has 0 aliphatic rings. The van der Waals surface area contributed by atoms with Gasteiger partial charge < -0.3 is 22.6 Å². The summed E-state index contributed by atoms with van der Waals surface area (Å²) in [5, 5.41) is 0. The Morgan fingerprint density at radius 2 is 1.19 bits per heavy atom. The van der Waals surface area contributed by atoms with E-state index < -0.39 is 17.0 Å². The number of carbonyl (C=O) groups is 1. The quantitative estimate of drug-likeness (QED) is 0.182. The lowest BCUT2D eigenvalue weighted by atomic mass is 10.4. The monoisotopic (exact) mass is 477 g/mol. The molecule has 0 aromatic heterocycles. The van der Waals surface area contributed by atoms with Crippen LogP contribution in [0.1, 0.15) is 82.1 Å². The van der Waals surface area contributed by atoms with Crippen LogP contribution < -0.4 is 0 Å². The van der Waals surface area contributed by atoms with Crippen molar-refractivity contribution >= 4 is 23.0 Å². The predicted molar refractivity (Wildman–Crippen MR) is 134 cm³/mol. The highest BCUT2D eigenvalue weighted by atomic mass is 28.4. The zero-order valence-corrected chi connectivity index (χ0v) is 24.1. The minimum Gasteiger partial charge on any atom is -0.466 e. The molecule has 0 rings (SSSR count). The minimum absolute atomic E-state index is 0.103. The summed E-state index contributed by atoms with van der Waals surface area (Å²) >= 11 is 0. The number of rotatable bonds is 18. The molecule has 0 amide bonds. The van der Waals surface area contributed by atoms with Gasteiger partial charge >= 0.3 is 14.8 Å². The van der Waals surface area contributed by atoms with E-state index in [2.05, 4.69) is 46.1 Å². The van der Waals surface area contributed by atoms with Crippen molar-refractivity contribution in [2.45, 2.75) is 105 Å². The number of hydrogen-bond acceptors (Lipinski definition) is 6. The molecule has 31 heavy (non-hydrogen) atoms. The molecule has 8 heteroatoms. The van der Waals surface area contributed by atoms with Crippen LogP contribution in [0.25, 0.3) is 0 Å². The van der Waals surface area contributed by atoms with E-state index in [1.54, 1.807) is 0 Å². The Bertz CT molecular complexity index is 450. The summed E-state index contributed by atoms with van der Waals surface area (Å²) in [6.45, 7) is 26.0. The summed E-state index contributed by atoms with van der Waals surface area (Å²) in [6, 6.07) is 0.803. The molecule has 0 saturated heterocycles. The molecular formula is C23H51NO5Si2. The molecule has 0 aliphatic carbocycles. The first-order valence-electron chi connectivity index (χ1n) is 12.4. The van der Waals surface area contributed by atoms with Crippen LogP contribution in [0, 0.1) is 0 Å². The van der Waals surface area contributed by atoms with Gasteiger partial charge in [0.15, 0.2) is 0 Å². The first-order chi connectivity index (χ1) is 14.6. The van der Waals surface area contributed by atoms with Crippen molar-refractivity contribution in [2.75, 3.05) is 39.5 Å². The van der Waals surface area contributed by atoms with Gasteiger partial charge in [0.2, 0.25) is 0 Å². The van der Waals surface area contributed by atoms with Crippen LogP contribution >= 0.6 is 0 Å². The molecule has 0 radical (unpaired) electrons. The van der Waals surface area contributed by atoms with Crippen molar-refractivity contribution in [3.63, 3.8) is 0 Å². The van der Waals surface area contributed by atoms with E-state index in [0.29, 0.717) is 49.5 Å². The van der Waals surface area contributed by atoms with Gasteiger partial charge in [-0.1, -0.05) is 41.5 Å². The molecule has 6 nitrogen and oxygen atoms in total. The minimum atomic E-state index is -2.66. The molecule has 0 N–H and O–H groups in total. The van der Waals surface area contributed by atoms with E-state index in [9.17, 15) is 4.79 Å². The Hall–Kier alpha value is -0.256. The number of carbonyl (C=O) groups excluding carboxylic acids is 1. The third-order valence-electron chi connectivity index (χ3n) is 6.22. The Balaban J connectivity index is 5.70. The molecule has 0 unspecified atom stereocenters. The lowest BCUT2D eigenvalue weighted by Crippen LogP contribution is -2.61. The van der Waals surface area contributed by atoms with Gasteiger partial charge in [0, 0.05) is 32.4 Å². The van der Waals surface area contributed by atoms with Crippen LogP contribution in [-0.2, 0) is 22.8 Å². The lowest BCUT2D eigenvalue weighted by molar-refractivity contribution is -0.143. The van der Waals surface area contributed by atoms with Crippen molar-refractivity contribution in [1.82, 2.24) is 4.57 Å². The summed E-state index contributed by atoms with van der Waals surface area (Å²) in [4.78, 5) is 12.2. The van der Waals surface area contributed by atoms with E-state index in [0.717, 1.165) is 25.6 Å². The van der Waals surface area contributed by atoms with Gasteiger partial charge in [0.1, 0.15) is 8.24 Å². The van der Waals surface area contributed by atoms with Crippen LogP contribution in [0.5, 0.6) is 0 Å². The van der Waals surface area contributed by atoms with Crippen molar-refractivity contribution in [3.8, 4) is 0 Å². The number of hydrogen-bond donors (Lipinski definition) is 0. The van der Waals surface area contributed by atoms with E-state index in [-0.39, 0.29) is 5.97 Å². The smallest absolute Gasteiger partial charge is 0.466 e. The average Bonchev–Trinajstić information content (AvgIpc) is 2.66. The second-order valence-electron chi connectivity index (χ2n) is 8.98. The van der Waals surface area contributed by atoms with Crippen LogP contribution in [0.4, 0.5) is 0 Å². The fourth-order valence-corrected chi connectivity index (χ4v) is 15.4. The maximum atomic E-state index is 12.2.